The van der Waals surface area contributed by atoms with E-state index in [4.69, 9.17) is 4.98 Å². The van der Waals surface area contributed by atoms with Crippen LogP contribution in [0.5, 0.6) is 0 Å². The van der Waals surface area contributed by atoms with Gasteiger partial charge in [-0.15, -0.1) is 11.3 Å². The number of rotatable bonds is 7. The Morgan fingerprint density at radius 2 is 2.00 bits per heavy atom. The summed E-state index contributed by atoms with van der Waals surface area (Å²) in [6.07, 6.45) is 1.34. The molecular weight excluding hydrogens is 476 g/mol. The van der Waals surface area contributed by atoms with Gasteiger partial charge in [-0.05, 0) is 69.4 Å². The van der Waals surface area contributed by atoms with Gasteiger partial charge in [0.15, 0.2) is 5.13 Å². The second-order valence-corrected chi connectivity index (χ2v) is 12.9. The summed E-state index contributed by atoms with van der Waals surface area (Å²) < 4.78 is 29.0. The van der Waals surface area contributed by atoms with E-state index < -0.39 is 10.0 Å². The van der Waals surface area contributed by atoms with Crippen molar-refractivity contribution in [1.82, 2.24) is 14.2 Å². The molecule has 2 aromatic heterocycles. The molecule has 3 aromatic rings. The van der Waals surface area contributed by atoms with Gasteiger partial charge in [-0.3, -0.25) is 9.69 Å². The third kappa shape index (κ3) is 5.00. The first-order valence-corrected chi connectivity index (χ1v) is 14.2. The number of likely N-dealkylation sites (N-methyl/N-ethyl adjacent to an activating group) is 1. The number of fused-ring (bicyclic) bond motifs is 1. The molecule has 1 unspecified atom stereocenters. The first-order chi connectivity index (χ1) is 15.7. The normalized spacial score (nSPS) is 17.7. The second kappa shape index (κ2) is 9.79. The van der Waals surface area contributed by atoms with Crippen molar-refractivity contribution in [3.8, 4) is 0 Å². The lowest BCUT2D eigenvalue weighted by molar-refractivity contribution is -0.123. The number of thiophene rings is 1. The van der Waals surface area contributed by atoms with E-state index in [0.717, 1.165) is 15.8 Å². The van der Waals surface area contributed by atoms with Crippen LogP contribution in [0.3, 0.4) is 0 Å². The van der Waals surface area contributed by atoms with Gasteiger partial charge in [0.1, 0.15) is 4.21 Å². The predicted octanol–water partition coefficient (Wildman–Crippen LogP) is 3.97. The molecular formula is C23H30N4O3S3. The topological polar surface area (TPSA) is 73.8 Å². The van der Waals surface area contributed by atoms with Crippen molar-refractivity contribution in [3.05, 3.63) is 40.8 Å². The standard InChI is InChI=1S/C23H30N4O3S3/c1-16-9-10-19-21(17(16)2)24-23(32-19)27(13-12-25(3)4)22(28)18-7-5-11-26(15-18)33(29,30)20-8-6-14-31-20/h6,8-10,14,18H,5,7,11-13,15H2,1-4H3. The molecule has 0 bridgehead atoms. The van der Waals surface area contributed by atoms with Gasteiger partial charge in [0.05, 0.1) is 16.1 Å². The molecule has 1 aliphatic rings. The highest BCUT2D eigenvalue weighted by Crippen LogP contribution is 2.34. The largest absolute Gasteiger partial charge is 0.308 e. The fourth-order valence-electron chi connectivity index (χ4n) is 4.05. The van der Waals surface area contributed by atoms with Crippen molar-refractivity contribution in [1.29, 1.82) is 0 Å². The first kappa shape index (κ1) is 24.3. The SMILES string of the molecule is Cc1ccc2sc(N(CCN(C)C)C(=O)C3CCCN(S(=O)(=O)c4cccs4)C3)nc2c1C. The fourth-order valence-corrected chi connectivity index (χ4v) is 7.77. The maximum atomic E-state index is 13.8. The Balaban J connectivity index is 1.62. The van der Waals surface area contributed by atoms with Gasteiger partial charge in [0, 0.05) is 26.2 Å². The molecule has 4 rings (SSSR count). The Morgan fingerprint density at radius 1 is 1.21 bits per heavy atom. The minimum atomic E-state index is -3.57. The molecule has 3 heterocycles. The van der Waals surface area contributed by atoms with E-state index in [-0.39, 0.29) is 18.4 Å². The number of carbonyl (C=O) groups excluding carboxylic acids is 1. The molecule has 1 saturated heterocycles. The lowest BCUT2D eigenvalue weighted by Gasteiger charge is -2.33. The smallest absolute Gasteiger partial charge is 0.252 e. The summed E-state index contributed by atoms with van der Waals surface area (Å²) in [5.41, 5.74) is 3.23. The van der Waals surface area contributed by atoms with Crippen LogP contribution in [-0.2, 0) is 14.8 Å². The highest BCUT2D eigenvalue weighted by molar-refractivity contribution is 7.91. The van der Waals surface area contributed by atoms with Gasteiger partial charge in [0.2, 0.25) is 5.91 Å². The van der Waals surface area contributed by atoms with Crippen LogP contribution in [0.1, 0.15) is 24.0 Å². The summed E-state index contributed by atoms with van der Waals surface area (Å²) in [6, 6.07) is 7.51. The molecule has 0 aliphatic carbocycles. The number of thiazole rings is 1. The van der Waals surface area contributed by atoms with Crippen LogP contribution in [0.25, 0.3) is 10.2 Å². The maximum Gasteiger partial charge on any atom is 0.252 e. The predicted molar refractivity (Wildman–Crippen MR) is 136 cm³/mol. The molecule has 10 heteroatoms. The van der Waals surface area contributed by atoms with E-state index in [0.29, 0.717) is 41.8 Å². The summed E-state index contributed by atoms with van der Waals surface area (Å²) in [5, 5.41) is 2.45. The summed E-state index contributed by atoms with van der Waals surface area (Å²) in [5.74, 6) is -0.429. The van der Waals surface area contributed by atoms with Crippen molar-refractivity contribution in [2.24, 2.45) is 5.92 Å². The third-order valence-electron chi connectivity index (χ3n) is 6.16. The van der Waals surface area contributed by atoms with E-state index in [1.165, 1.54) is 32.5 Å². The molecule has 0 N–H and O–H groups in total. The number of aryl methyl sites for hydroxylation is 2. The number of hydrogen-bond donors (Lipinski definition) is 0. The zero-order valence-electron chi connectivity index (χ0n) is 19.4. The monoisotopic (exact) mass is 506 g/mol. The molecule has 1 aromatic carbocycles. The van der Waals surface area contributed by atoms with Crippen molar-refractivity contribution < 1.29 is 13.2 Å². The van der Waals surface area contributed by atoms with Crippen molar-refractivity contribution in [2.45, 2.75) is 30.9 Å². The fraction of sp³-hybridized carbons (Fsp3) is 0.478. The van der Waals surface area contributed by atoms with Gasteiger partial charge in [-0.1, -0.05) is 23.5 Å². The molecule has 0 spiro atoms. The quantitative estimate of drug-likeness (QED) is 0.485. The van der Waals surface area contributed by atoms with E-state index >= 15 is 0 Å². The zero-order valence-corrected chi connectivity index (χ0v) is 21.9. The first-order valence-electron chi connectivity index (χ1n) is 11.0. The molecule has 1 atom stereocenters. The number of anilines is 1. The van der Waals surface area contributed by atoms with Crippen LogP contribution in [0.2, 0.25) is 0 Å². The van der Waals surface area contributed by atoms with Crippen molar-refractivity contribution in [3.63, 3.8) is 0 Å². The minimum absolute atomic E-state index is 0.0450. The van der Waals surface area contributed by atoms with E-state index in [2.05, 4.69) is 26.0 Å². The number of carbonyl (C=O) groups is 1. The Labute approximate surface area is 203 Å². The Bertz CT molecular complexity index is 1240. The van der Waals surface area contributed by atoms with Crippen molar-refractivity contribution >= 4 is 54.0 Å². The number of hydrogen-bond acceptors (Lipinski definition) is 7. The number of amides is 1. The van der Waals surface area contributed by atoms with Gasteiger partial charge in [-0.25, -0.2) is 13.4 Å². The minimum Gasteiger partial charge on any atom is -0.308 e. The van der Waals surface area contributed by atoms with Crippen LogP contribution in [-0.4, -0.2) is 68.8 Å². The number of sulfonamides is 1. The van der Waals surface area contributed by atoms with E-state index in [1.807, 2.05) is 19.0 Å². The van der Waals surface area contributed by atoms with Crippen LogP contribution in [0, 0.1) is 19.8 Å². The summed E-state index contributed by atoms with van der Waals surface area (Å²) >= 11 is 2.74. The average Bonchev–Trinajstić information content (AvgIpc) is 3.47. The Morgan fingerprint density at radius 3 is 2.70 bits per heavy atom. The number of nitrogens with zero attached hydrogens (tertiary/aromatic N) is 4. The van der Waals surface area contributed by atoms with Crippen molar-refractivity contribution in [2.75, 3.05) is 45.2 Å². The summed E-state index contributed by atoms with van der Waals surface area (Å²) in [4.78, 5) is 22.4. The van der Waals surface area contributed by atoms with Gasteiger partial charge >= 0.3 is 0 Å². The highest BCUT2D eigenvalue weighted by Gasteiger charge is 2.36. The number of aromatic nitrogens is 1. The second-order valence-electron chi connectivity index (χ2n) is 8.78. The molecule has 0 radical (unpaired) electrons. The number of piperidine rings is 1. The highest BCUT2D eigenvalue weighted by atomic mass is 32.2. The molecule has 1 amide bonds. The summed E-state index contributed by atoms with van der Waals surface area (Å²) in [7, 11) is 0.381. The molecule has 7 nitrogen and oxygen atoms in total. The maximum absolute atomic E-state index is 13.8. The zero-order chi connectivity index (χ0) is 23.8. The van der Waals surface area contributed by atoms with Crippen LogP contribution in [0.4, 0.5) is 5.13 Å². The van der Waals surface area contributed by atoms with Gasteiger partial charge in [0.25, 0.3) is 10.0 Å². The van der Waals surface area contributed by atoms with Crippen LogP contribution in [0.15, 0.2) is 33.9 Å². The van der Waals surface area contributed by atoms with Crippen LogP contribution >= 0.6 is 22.7 Å². The lowest BCUT2D eigenvalue weighted by atomic mass is 9.98. The average molecular weight is 507 g/mol. The molecule has 1 fully saturated rings. The lowest BCUT2D eigenvalue weighted by Crippen LogP contribution is -2.48. The van der Waals surface area contributed by atoms with Gasteiger partial charge in [-0.2, -0.15) is 4.31 Å². The molecule has 33 heavy (non-hydrogen) atoms. The van der Waals surface area contributed by atoms with Crippen LogP contribution < -0.4 is 4.90 Å². The molecule has 1 aliphatic heterocycles. The van der Waals surface area contributed by atoms with E-state index in [1.54, 1.807) is 22.4 Å². The Hall–Kier alpha value is -1.85. The van der Waals surface area contributed by atoms with E-state index in [9.17, 15) is 13.2 Å². The third-order valence-corrected chi connectivity index (χ3v) is 10.4. The summed E-state index contributed by atoms with van der Waals surface area (Å²) in [6.45, 7) is 5.98. The number of benzene rings is 1. The van der Waals surface area contributed by atoms with Gasteiger partial charge < -0.3 is 4.90 Å². The molecule has 0 saturated carbocycles. The Kier molecular flexibility index (Phi) is 7.20. The molecule has 178 valence electrons.